The fourth-order valence-corrected chi connectivity index (χ4v) is 1.99. The smallest absolute Gasteiger partial charge is 0.193 e. The van der Waals surface area contributed by atoms with Crippen molar-refractivity contribution in [3.8, 4) is 5.75 Å². The van der Waals surface area contributed by atoms with Crippen LogP contribution < -0.4 is 15.8 Å². The molecular weight excluding hydrogens is 286 g/mol. The van der Waals surface area contributed by atoms with Crippen molar-refractivity contribution in [2.75, 3.05) is 11.9 Å². The molecule has 0 unspecified atom stereocenters. The topological polar surface area (TPSA) is 59.6 Å². The molecule has 110 valence electrons. The number of benzene rings is 2. The van der Waals surface area contributed by atoms with Crippen LogP contribution in [0.5, 0.6) is 5.75 Å². The summed E-state index contributed by atoms with van der Waals surface area (Å²) in [4.78, 5) is 4.32. The lowest BCUT2D eigenvalue weighted by Gasteiger charge is -2.10. The molecule has 0 bridgehead atoms. The van der Waals surface area contributed by atoms with Gasteiger partial charge in [0.15, 0.2) is 5.96 Å². The minimum absolute atomic E-state index is 0.360. The number of para-hydroxylation sites is 1. The van der Waals surface area contributed by atoms with Crippen LogP contribution in [0.25, 0.3) is 0 Å². The van der Waals surface area contributed by atoms with Gasteiger partial charge in [-0.05, 0) is 31.2 Å². The molecule has 21 heavy (non-hydrogen) atoms. The minimum atomic E-state index is 0.360. The SMILES string of the molecule is CCOc1cc(Cl)ccc1CN=C(N)Nc1ccccc1. The van der Waals surface area contributed by atoms with Crippen LogP contribution in [-0.4, -0.2) is 12.6 Å². The lowest BCUT2D eigenvalue weighted by molar-refractivity contribution is 0.336. The summed E-state index contributed by atoms with van der Waals surface area (Å²) >= 11 is 5.97. The molecule has 0 amide bonds. The first-order valence-electron chi connectivity index (χ1n) is 6.72. The molecular formula is C16H18ClN3O. The van der Waals surface area contributed by atoms with E-state index < -0.39 is 0 Å². The predicted octanol–water partition coefficient (Wildman–Crippen LogP) is 3.67. The van der Waals surface area contributed by atoms with Crippen molar-refractivity contribution in [1.82, 2.24) is 0 Å². The molecule has 2 aromatic carbocycles. The summed E-state index contributed by atoms with van der Waals surface area (Å²) in [6.45, 7) is 2.94. The number of aliphatic imine (C=N–C) groups is 1. The van der Waals surface area contributed by atoms with Crippen molar-refractivity contribution >= 4 is 23.2 Å². The second kappa shape index (κ2) is 7.55. The molecule has 0 aliphatic carbocycles. The Morgan fingerprint density at radius 3 is 2.71 bits per heavy atom. The van der Waals surface area contributed by atoms with Gasteiger partial charge in [0.2, 0.25) is 0 Å². The van der Waals surface area contributed by atoms with Crippen LogP contribution in [0.4, 0.5) is 5.69 Å². The summed E-state index contributed by atoms with van der Waals surface area (Å²) in [6, 6.07) is 15.2. The molecule has 0 aliphatic heterocycles. The average Bonchev–Trinajstić information content (AvgIpc) is 2.48. The molecule has 4 nitrogen and oxygen atoms in total. The monoisotopic (exact) mass is 303 g/mol. The van der Waals surface area contributed by atoms with Crippen LogP contribution in [0, 0.1) is 0 Å². The Kier molecular flexibility index (Phi) is 5.46. The maximum absolute atomic E-state index is 5.97. The quantitative estimate of drug-likeness (QED) is 0.654. The zero-order valence-electron chi connectivity index (χ0n) is 11.8. The van der Waals surface area contributed by atoms with E-state index >= 15 is 0 Å². The summed E-state index contributed by atoms with van der Waals surface area (Å²) < 4.78 is 5.55. The van der Waals surface area contributed by atoms with Gasteiger partial charge in [-0.3, -0.25) is 0 Å². The van der Waals surface area contributed by atoms with Crippen LogP contribution >= 0.6 is 11.6 Å². The van der Waals surface area contributed by atoms with Crippen LogP contribution in [-0.2, 0) is 6.54 Å². The van der Waals surface area contributed by atoms with Gasteiger partial charge in [-0.25, -0.2) is 4.99 Å². The Morgan fingerprint density at radius 1 is 1.24 bits per heavy atom. The predicted molar refractivity (Wildman–Crippen MR) is 88.0 cm³/mol. The standard InChI is InChI=1S/C16H18ClN3O/c1-2-21-15-10-13(17)9-8-12(15)11-19-16(18)20-14-6-4-3-5-7-14/h3-10H,2,11H2,1H3,(H3,18,19,20). The molecule has 0 spiro atoms. The van der Waals surface area contributed by atoms with E-state index in [-0.39, 0.29) is 0 Å². The van der Waals surface area contributed by atoms with Crippen molar-refractivity contribution in [1.29, 1.82) is 0 Å². The number of halogens is 1. The maximum atomic E-state index is 5.97. The Labute approximate surface area is 129 Å². The first kappa shape index (κ1) is 15.2. The van der Waals surface area contributed by atoms with E-state index in [4.69, 9.17) is 22.1 Å². The summed E-state index contributed by atoms with van der Waals surface area (Å²) in [5.74, 6) is 1.10. The number of rotatable bonds is 5. The number of hydrogen-bond acceptors (Lipinski definition) is 2. The molecule has 0 saturated carbocycles. The van der Waals surface area contributed by atoms with Gasteiger partial charge < -0.3 is 15.8 Å². The van der Waals surface area contributed by atoms with Gasteiger partial charge in [0.05, 0.1) is 13.2 Å². The fourth-order valence-electron chi connectivity index (χ4n) is 1.83. The molecule has 3 N–H and O–H groups in total. The van der Waals surface area contributed by atoms with E-state index in [1.54, 1.807) is 6.07 Å². The second-order valence-corrected chi connectivity index (χ2v) is 4.81. The molecule has 2 aromatic rings. The third kappa shape index (κ3) is 4.68. The molecule has 0 atom stereocenters. The maximum Gasteiger partial charge on any atom is 0.193 e. The second-order valence-electron chi connectivity index (χ2n) is 4.38. The van der Waals surface area contributed by atoms with Gasteiger partial charge in [0.1, 0.15) is 5.75 Å². The third-order valence-corrected chi connectivity index (χ3v) is 3.03. The van der Waals surface area contributed by atoms with E-state index in [1.165, 1.54) is 0 Å². The Morgan fingerprint density at radius 2 is 2.00 bits per heavy atom. The first-order valence-corrected chi connectivity index (χ1v) is 7.10. The Bertz CT molecular complexity index is 614. The molecule has 0 radical (unpaired) electrons. The van der Waals surface area contributed by atoms with Crippen molar-refractivity contribution in [2.45, 2.75) is 13.5 Å². The lowest BCUT2D eigenvalue weighted by atomic mass is 10.2. The number of nitrogens with zero attached hydrogens (tertiary/aromatic N) is 1. The number of hydrogen-bond donors (Lipinski definition) is 2. The molecule has 0 aliphatic rings. The molecule has 0 fully saturated rings. The molecule has 2 rings (SSSR count). The van der Waals surface area contributed by atoms with E-state index in [9.17, 15) is 0 Å². The summed E-state index contributed by atoms with van der Waals surface area (Å²) in [5, 5.41) is 3.68. The van der Waals surface area contributed by atoms with E-state index in [0.29, 0.717) is 24.1 Å². The van der Waals surface area contributed by atoms with Gasteiger partial charge in [0, 0.05) is 16.3 Å². The average molecular weight is 304 g/mol. The Balaban J connectivity index is 2.06. The van der Waals surface area contributed by atoms with E-state index in [1.807, 2.05) is 49.4 Å². The van der Waals surface area contributed by atoms with Gasteiger partial charge in [-0.2, -0.15) is 0 Å². The van der Waals surface area contributed by atoms with Crippen LogP contribution in [0.1, 0.15) is 12.5 Å². The number of anilines is 1. The fraction of sp³-hybridized carbons (Fsp3) is 0.188. The lowest BCUT2D eigenvalue weighted by Crippen LogP contribution is -2.22. The normalized spacial score (nSPS) is 11.2. The van der Waals surface area contributed by atoms with Crippen molar-refractivity contribution in [3.63, 3.8) is 0 Å². The zero-order chi connectivity index (χ0) is 15.1. The zero-order valence-corrected chi connectivity index (χ0v) is 12.6. The largest absolute Gasteiger partial charge is 0.493 e. The van der Waals surface area contributed by atoms with Crippen molar-refractivity contribution in [2.24, 2.45) is 10.7 Å². The highest BCUT2D eigenvalue weighted by Gasteiger charge is 2.04. The van der Waals surface area contributed by atoms with Gasteiger partial charge in [0.25, 0.3) is 0 Å². The summed E-state index contributed by atoms with van der Waals surface area (Å²) in [5.41, 5.74) is 7.73. The highest BCUT2D eigenvalue weighted by Crippen LogP contribution is 2.24. The Hall–Kier alpha value is -2.20. The van der Waals surface area contributed by atoms with Gasteiger partial charge >= 0.3 is 0 Å². The number of ether oxygens (including phenoxy) is 1. The van der Waals surface area contributed by atoms with Crippen LogP contribution in [0.2, 0.25) is 5.02 Å². The molecule has 5 heteroatoms. The molecule has 0 heterocycles. The van der Waals surface area contributed by atoms with E-state index in [0.717, 1.165) is 17.0 Å². The molecule has 0 aromatic heterocycles. The number of nitrogens with two attached hydrogens (primary N) is 1. The van der Waals surface area contributed by atoms with E-state index in [2.05, 4.69) is 10.3 Å². The first-order chi connectivity index (χ1) is 10.2. The highest BCUT2D eigenvalue weighted by atomic mass is 35.5. The minimum Gasteiger partial charge on any atom is -0.493 e. The van der Waals surface area contributed by atoms with Crippen LogP contribution in [0.15, 0.2) is 53.5 Å². The van der Waals surface area contributed by atoms with Gasteiger partial charge in [-0.1, -0.05) is 35.9 Å². The third-order valence-electron chi connectivity index (χ3n) is 2.79. The molecule has 0 saturated heterocycles. The summed E-state index contributed by atoms with van der Waals surface area (Å²) in [6.07, 6.45) is 0. The summed E-state index contributed by atoms with van der Waals surface area (Å²) in [7, 11) is 0. The van der Waals surface area contributed by atoms with Crippen molar-refractivity contribution in [3.05, 3.63) is 59.1 Å². The highest BCUT2D eigenvalue weighted by molar-refractivity contribution is 6.30. The van der Waals surface area contributed by atoms with Gasteiger partial charge in [-0.15, -0.1) is 0 Å². The van der Waals surface area contributed by atoms with Crippen molar-refractivity contribution < 1.29 is 4.74 Å². The number of guanidine groups is 1. The van der Waals surface area contributed by atoms with Crippen LogP contribution in [0.3, 0.4) is 0 Å². The number of nitrogens with one attached hydrogen (secondary N) is 1.